The van der Waals surface area contributed by atoms with Gasteiger partial charge in [0.25, 0.3) is 0 Å². The van der Waals surface area contributed by atoms with Crippen molar-refractivity contribution in [1.29, 1.82) is 0 Å². The van der Waals surface area contributed by atoms with Gasteiger partial charge in [-0.15, -0.1) is 0 Å². The summed E-state index contributed by atoms with van der Waals surface area (Å²) >= 11 is 0. The number of benzene rings is 1. The van der Waals surface area contributed by atoms with Crippen molar-refractivity contribution in [3.05, 3.63) is 30.1 Å². The molecule has 4 nitrogen and oxygen atoms in total. The van der Waals surface area contributed by atoms with E-state index >= 15 is 0 Å². The molecule has 3 aliphatic rings. The van der Waals surface area contributed by atoms with E-state index in [0.717, 1.165) is 63.6 Å². The number of halogens is 1. The van der Waals surface area contributed by atoms with Crippen LogP contribution in [-0.4, -0.2) is 54.0 Å². The molecule has 1 aliphatic heterocycles. The number of carbonyl (C=O) groups is 1. The largest absolute Gasteiger partial charge is 0.382 e. The number of hydrogen-bond acceptors (Lipinski definition) is 3. The summed E-state index contributed by atoms with van der Waals surface area (Å²) in [4.78, 5) is 17.6. The Bertz CT molecular complexity index is 630. The van der Waals surface area contributed by atoms with Crippen molar-refractivity contribution in [3.63, 3.8) is 0 Å². The molecular weight excluding hydrogens is 341 g/mol. The molecule has 1 amide bonds. The molecule has 1 aromatic carbocycles. The average molecular weight is 374 g/mol. The molecular formula is C22H32FN3O. The van der Waals surface area contributed by atoms with Crippen LogP contribution >= 0.6 is 0 Å². The minimum absolute atomic E-state index is 0.175. The van der Waals surface area contributed by atoms with Crippen molar-refractivity contribution in [2.75, 3.05) is 31.5 Å². The monoisotopic (exact) mass is 373 g/mol. The first-order chi connectivity index (χ1) is 13.2. The van der Waals surface area contributed by atoms with Crippen LogP contribution in [-0.2, 0) is 4.79 Å². The van der Waals surface area contributed by atoms with E-state index < -0.39 is 0 Å². The molecule has 1 heterocycles. The predicted molar refractivity (Wildman–Crippen MR) is 106 cm³/mol. The van der Waals surface area contributed by atoms with E-state index in [1.54, 1.807) is 12.1 Å². The molecule has 0 spiro atoms. The van der Waals surface area contributed by atoms with Crippen LogP contribution < -0.4 is 5.32 Å². The summed E-state index contributed by atoms with van der Waals surface area (Å²) in [6.45, 7) is 3.90. The van der Waals surface area contributed by atoms with Gasteiger partial charge in [0.15, 0.2) is 0 Å². The first-order valence-electron chi connectivity index (χ1n) is 10.7. The van der Waals surface area contributed by atoms with Gasteiger partial charge in [-0.2, -0.15) is 0 Å². The molecule has 0 atom stereocenters. The molecule has 2 saturated carbocycles. The lowest BCUT2D eigenvalue weighted by molar-refractivity contribution is -0.138. The van der Waals surface area contributed by atoms with Crippen molar-refractivity contribution in [1.82, 2.24) is 9.80 Å². The van der Waals surface area contributed by atoms with E-state index in [1.807, 2.05) is 6.07 Å². The van der Waals surface area contributed by atoms with Gasteiger partial charge in [-0.3, -0.25) is 9.69 Å². The zero-order valence-electron chi connectivity index (χ0n) is 16.2. The summed E-state index contributed by atoms with van der Waals surface area (Å²) in [5.41, 5.74) is 0.841. The molecule has 5 heteroatoms. The van der Waals surface area contributed by atoms with E-state index in [2.05, 4.69) is 15.1 Å². The molecule has 0 aromatic heterocycles. The average Bonchev–Trinajstić information content (AvgIpc) is 3.23. The number of anilines is 1. The molecule has 148 valence electrons. The minimum atomic E-state index is -0.208. The maximum atomic E-state index is 13.3. The Morgan fingerprint density at radius 2 is 1.67 bits per heavy atom. The maximum absolute atomic E-state index is 13.3. The van der Waals surface area contributed by atoms with Crippen LogP contribution in [0.15, 0.2) is 24.3 Å². The predicted octanol–water partition coefficient (Wildman–Crippen LogP) is 3.88. The molecule has 1 N–H and O–H groups in total. The van der Waals surface area contributed by atoms with Crippen LogP contribution in [0.25, 0.3) is 0 Å². The molecule has 4 rings (SSSR count). The smallest absolute Gasteiger partial charge is 0.225 e. The van der Waals surface area contributed by atoms with Gasteiger partial charge in [0, 0.05) is 49.9 Å². The Labute approximate surface area is 162 Å². The van der Waals surface area contributed by atoms with Crippen LogP contribution in [0.1, 0.15) is 51.4 Å². The second-order valence-electron chi connectivity index (χ2n) is 8.50. The van der Waals surface area contributed by atoms with Crippen LogP contribution in [0.4, 0.5) is 10.1 Å². The Hall–Kier alpha value is -1.62. The highest BCUT2D eigenvalue weighted by molar-refractivity contribution is 5.79. The summed E-state index contributed by atoms with van der Waals surface area (Å²) < 4.78 is 13.3. The SMILES string of the molecule is O=C(C1CCC(Nc2cccc(F)c2)CC1)N1CCN(C2CCCC2)CC1. The number of hydrogen-bond donors (Lipinski definition) is 1. The first kappa shape index (κ1) is 18.7. The number of amides is 1. The molecule has 0 radical (unpaired) electrons. The third kappa shape index (κ3) is 4.63. The third-order valence-electron chi connectivity index (χ3n) is 6.74. The summed E-state index contributed by atoms with van der Waals surface area (Å²) in [7, 11) is 0. The van der Waals surface area contributed by atoms with Crippen molar-refractivity contribution in [3.8, 4) is 0 Å². The van der Waals surface area contributed by atoms with Gasteiger partial charge in [-0.25, -0.2) is 4.39 Å². The highest BCUT2D eigenvalue weighted by Gasteiger charge is 2.32. The Balaban J connectivity index is 1.22. The minimum Gasteiger partial charge on any atom is -0.382 e. The number of carbonyl (C=O) groups excluding carboxylic acids is 1. The van der Waals surface area contributed by atoms with E-state index in [4.69, 9.17) is 0 Å². The molecule has 3 fully saturated rings. The van der Waals surface area contributed by atoms with Crippen LogP contribution in [0.3, 0.4) is 0 Å². The van der Waals surface area contributed by atoms with E-state index in [1.165, 1.54) is 31.7 Å². The first-order valence-corrected chi connectivity index (χ1v) is 10.7. The van der Waals surface area contributed by atoms with Crippen molar-refractivity contribution in [2.24, 2.45) is 5.92 Å². The normalized spacial score (nSPS) is 27.7. The lowest BCUT2D eigenvalue weighted by Crippen LogP contribution is -2.53. The summed E-state index contributed by atoms with van der Waals surface area (Å²) in [5, 5.41) is 3.43. The second-order valence-corrected chi connectivity index (χ2v) is 8.50. The molecule has 1 aromatic rings. The number of piperazine rings is 1. The van der Waals surface area contributed by atoms with E-state index in [-0.39, 0.29) is 11.7 Å². The fraction of sp³-hybridized carbons (Fsp3) is 0.682. The lowest BCUT2D eigenvalue weighted by Gasteiger charge is -2.40. The zero-order chi connectivity index (χ0) is 18.6. The summed E-state index contributed by atoms with van der Waals surface area (Å²) in [6.07, 6.45) is 9.27. The highest BCUT2D eigenvalue weighted by atomic mass is 19.1. The van der Waals surface area contributed by atoms with Gasteiger partial charge < -0.3 is 10.2 Å². The standard InChI is InChI=1S/C22H32FN3O/c23-18-4-3-5-20(16-18)24-19-10-8-17(9-11-19)22(27)26-14-12-25(13-15-26)21-6-1-2-7-21/h3-5,16-17,19,21,24H,1-2,6-15H2. The zero-order valence-corrected chi connectivity index (χ0v) is 16.2. The maximum Gasteiger partial charge on any atom is 0.225 e. The molecule has 1 saturated heterocycles. The van der Waals surface area contributed by atoms with Gasteiger partial charge in [-0.1, -0.05) is 18.9 Å². The quantitative estimate of drug-likeness (QED) is 0.870. The Morgan fingerprint density at radius 1 is 0.963 bits per heavy atom. The molecule has 0 bridgehead atoms. The van der Waals surface area contributed by atoms with Crippen molar-refractivity contribution in [2.45, 2.75) is 63.5 Å². The Morgan fingerprint density at radius 3 is 2.33 bits per heavy atom. The van der Waals surface area contributed by atoms with E-state index in [9.17, 15) is 9.18 Å². The molecule has 2 aliphatic carbocycles. The van der Waals surface area contributed by atoms with Crippen molar-refractivity contribution < 1.29 is 9.18 Å². The molecule has 0 unspecified atom stereocenters. The van der Waals surface area contributed by atoms with E-state index in [0.29, 0.717) is 11.9 Å². The van der Waals surface area contributed by atoms with Gasteiger partial charge in [0.1, 0.15) is 5.82 Å². The van der Waals surface area contributed by atoms with Crippen LogP contribution in [0, 0.1) is 11.7 Å². The highest BCUT2D eigenvalue weighted by Crippen LogP contribution is 2.29. The Kier molecular flexibility index (Phi) is 5.96. The fourth-order valence-electron chi connectivity index (χ4n) is 5.13. The molecule has 27 heavy (non-hydrogen) atoms. The summed E-state index contributed by atoms with van der Waals surface area (Å²) in [5.74, 6) is 0.333. The van der Waals surface area contributed by atoms with Crippen LogP contribution in [0.2, 0.25) is 0 Å². The van der Waals surface area contributed by atoms with Gasteiger partial charge in [0.2, 0.25) is 5.91 Å². The van der Waals surface area contributed by atoms with Gasteiger partial charge in [-0.05, 0) is 56.7 Å². The second kappa shape index (κ2) is 8.59. The third-order valence-corrected chi connectivity index (χ3v) is 6.74. The topological polar surface area (TPSA) is 35.6 Å². The van der Waals surface area contributed by atoms with Crippen molar-refractivity contribution >= 4 is 11.6 Å². The van der Waals surface area contributed by atoms with Gasteiger partial charge >= 0.3 is 0 Å². The van der Waals surface area contributed by atoms with Crippen LogP contribution in [0.5, 0.6) is 0 Å². The van der Waals surface area contributed by atoms with Gasteiger partial charge in [0.05, 0.1) is 0 Å². The number of nitrogens with zero attached hydrogens (tertiary/aromatic N) is 2. The number of nitrogens with one attached hydrogen (secondary N) is 1. The fourth-order valence-corrected chi connectivity index (χ4v) is 5.13. The lowest BCUT2D eigenvalue weighted by atomic mass is 9.85. The number of rotatable bonds is 4. The summed E-state index contributed by atoms with van der Waals surface area (Å²) in [6, 6.07) is 7.76.